The number of β-amino-alcohol motifs (C(OH)–C–C–N with tert-alkyl or cyclic N) is 1. The van der Waals surface area contributed by atoms with Crippen LogP contribution in [-0.2, 0) is 0 Å². The van der Waals surface area contributed by atoms with Crippen molar-refractivity contribution >= 4 is 5.95 Å². The molecule has 1 unspecified atom stereocenters. The molecule has 0 aliphatic carbocycles. The van der Waals surface area contributed by atoms with Crippen LogP contribution in [0.25, 0.3) is 11.3 Å². The number of fused-ring (bicyclic) bond motifs is 1. The van der Waals surface area contributed by atoms with Crippen LogP contribution in [0.2, 0.25) is 0 Å². The van der Waals surface area contributed by atoms with Crippen LogP contribution < -0.4 is 10.9 Å². The number of aromatic nitrogens is 2. The van der Waals surface area contributed by atoms with E-state index in [1.165, 1.54) is 12.3 Å². The molecule has 0 spiro atoms. The summed E-state index contributed by atoms with van der Waals surface area (Å²) < 4.78 is 18.6. The van der Waals surface area contributed by atoms with Crippen molar-refractivity contribution in [3.05, 3.63) is 34.7 Å². The summed E-state index contributed by atoms with van der Waals surface area (Å²) >= 11 is 0. The minimum absolute atomic E-state index is 0.0920. The van der Waals surface area contributed by atoms with Gasteiger partial charge in [-0.2, -0.15) is 4.39 Å². The second kappa shape index (κ2) is 3.42. The highest BCUT2D eigenvalue weighted by Gasteiger charge is 2.24. The predicted octanol–water partition coefficient (Wildman–Crippen LogP) is 0.559. The molecule has 0 bridgehead atoms. The SMILES string of the molecule is O=c1c(-c2ccc(F)o2)cnc2n1C(O)CN2. The van der Waals surface area contributed by atoms with Gasteiger partial charge in [0, 0.05) is 12.3 Å². The Labute approximate surface area is 94.3 Å². The number of hydrogen-bond donors (Lipinski definition) is 2. The lowest BCUT2D eigenvalue weighted by Gasteiger charge is -2.06. The lowest BCUT2D eigenvalue weighted by Crippen LogP contribution is -2.24. The van der Waals surface area contributed by atoms with Gasteiger partial charge in [0.1, 0.15) is 11.3 Å². The second-order valence-corrected chi connectivity index (χ2v) is 3.64. The van der Waals surface area contributed by atoms with Gasteiger partial charge >= 0.3 is 0 Å². The lowest BCUT2D eigenvalue weighted by atomic mass is 10.2. The molecule has 1 atom stereocenters. The Morgan fingerprint density at radius 3 is 3.12 bits per heavy atom. The molecule has 6 nitrogen and oxygen atoms in total. The first-order valence-electron chi connectivity index (χ1n) is 4.96. The lowest BCUT2D eigenvalue weighted by molar-refractivity contribution is 0.128. The molecular formula is C10H8FN3O3. The Balaban J connectivity index is 2.21. The molecule has 0 aromatic carbocycles. The molecule has 2 N–H and O–H groups in total. The average Bonchev–Trinajstić information content (AvgIpc) is 2.87. The zero-order valence-electron chi connectivity index (χ0n) is 8.55. The zero-order valence-corrected chi connectivity index (χ0v) is 8.55. The molecule has 2 aromatic heterocycles. The van der Waals surface area contributed by atoms with Crippen molar-refractivity contribution in [1.29, 1.82) is 0 Å². The van der Waals surface area contributed by atoms with Crippen LogP contribution in [-0.4, -0.2) is 21.2 Å². The van der Waals surface area contributed by atoms with E-state index in [0.717, 1.165) is 10.6 Å². The number of aliphatic hydroxyl groups excluding tert-OH is 1. The van der Waals surface area contributed by atoms with E-state index in [4.69, 9.17) is 4.42 Å². The summed E-state index contributed by atoms with van der Waals surface area (Å²) in [5, 5.41) is 12.4. The van der Waals surface area contributed by atoms with E-state index in [-0.39, 0.29) is 17.9 Å². The van der Waals surface area contributed by atoms with Gasteiger partial charge in [0.2, 0.25) is 5.95 Å². The highest BCUT2D eigenvalue weighted by molar-refractivity contribution is 5.56. The van der Waals surface area contributed by atoms with Crippen molar-refractivity contribution in [2.24, 2.45) is 0 Å². The number of nitrogens with zero attached hydrogens (tertiary/aromatic N) is 2. The summed E-state index contributed by atoms with van der Waals surface area (Å²) in [6, 6.07) is 1.68. The number of nitrogens with one attached hydrogen (secondary N) is 1. The summed E-state index contributed by atoms with van der Waals surface area (Å²) in [6.45, 7) is 0.220. The van der Waals surface area contributed by atoms with E-state index >= 15 is 0 Å². The van der Waals surface area contributed by atoms with E-state index in [0.29, 0.717) is 5.95 Å². The van der Waals surface area contributed by atoms with Gasteiger partial charge < -0.3 is 14.8 Å². The van der Waals surface area contributed by atoms with E-state index < -0.39 is 17.8 Å². The van der Waals surface area contributed by atoms with Crippen molar-refractivity contribution in [3.63, 3.8) is 0 Å². The molecule has 3 heterocycles. The second-order valence-electron chi connectivity index (χ2n) is 3.64. The molecule has 88 valence electrons. The van der Waals surface area contributed by atoms with Crippen molar-refractivity contribution < 1.29 is 13.9 Å². The highest BCUT2D eigenvalue weighted by atomic mass is 19.1. The summed E-state index contributed by atoms with van der Waals surface area (Å²) in [6.07, 6.45) is 0.321. The molecule has 0 amide bonds. The first-order chi connectivity index (χ1) is 8.16. The maximum Gasteiger partial charge on any atom is 0.278 e. The average molecular weight is 237 g/mol. The predicted molar refractivity (Wildman–Crippen MR) is 55.9 cm³/mol. The third kappa shape index (κ3) is 1.43. The molecule has 3 rings (SSSR count). The maximum absolute atomic E-state index is 12.7. The van der Waals surface area contributed by atoms with Gasteiger partial charge in [-0.3, -0.25) is 4.79 Å². The van der Waals surface area contributed by atoms with Crippen molar-refractivity contribution in [2.75, 3.05) is 11.9 Å². The van der Waals surface area contributed by atoms with Crippen LogP contribution in [0.3, 0.4) is 0 Å². The number of halogens is 1. The van der Waals surface area contributed by atoms with Crippen molar-refractivity contribution in [2.45, 2.75) is 6.23 Å². The fourth-order valence-electron chi connectivity index (χ4n) is 1.78. The van der Waals surface area contributed by atoms with Gasteiger partial charge in [-0.25, -0.2) is 9.55 Å². The molecule has 0 saturated carbocycles. The first-order valence-corrected chi connectivity index (χ1v) is 4.96. The molecule has 0 radical (unpaired) electrons. The van der Waals surface area contributed by atoms with Crippen LogP contribution in [0, 0.1) is 6.01 Å². The Bertz CT molecular complexity index is 634. The van der Waals surface area contributed by atoms with Gasteiger partial charge in [0.05, 0.1) is 6.54 Å². The summed E-state index contributed by atoms with van der Waals surface area (Å²) in [7, 11) is 0. The summed E-state index contributed by atoms with van der Waals surface area (Å²) in [5.41, 5.74) is -0.359. The van der Waals surface area contributed by atoms with E-state index in [9.17, 15) is 14.3 Å². The minimum atomic E-state index is -0.968. The highest BCUT2D eigenvalue weighted by Crippen LogP contribution is 2.21. The Morgan fingerprint density at radius 1 is 1.59 bits per heavy atom. The third-order valence-electron chi connectivity index (χ3n) is 2.57. The summed E-state index contributed by atoms with van der Waals surface area (Å²) in [4.78, 5) is 16.0. The fourth-order valence-corrected chi connectivity index (χ4v) is 1.78. The van der Waals surface area contributed by atoms with Gasteiger partial charge in [0.15, 0.2) is 6.23 Å². The van der Waals surface area contributed by atoms with E-state index in [1.807, 2.05) is 0 Å². The molecule has 1 aliphatic heterocycles. The maximum atomic E-state index is 12.7. The molecule has 7 heteroatoms. The van der Waals surface area contributed by atoms with Gasteiger partial charge in [-0.15, -0.1) is 0 Å². The monoisotopic (exact) mass is 237 g/mol. The minimum Gasteiger partial charge on any atom is -0.431 e. The van der Waals surface area contributed by atoms with Crippen LogP contribution in [0.1, 0.15) is 6.23 Å². The number of aliphatic hydroxyl groups is 1. The molecule has 0 fully saturated rings. The number of hydrogen-bond acceptors (Lipinski definition) is 5. The molecule has 2 aromatic rings. The van der Waals surface area contributed by atoms with Crippen molar-refractivity contribution in [1.82, 2.24) is 9.55 Å². The third-order valence-corrected chi connectivity index (χ3v) is 2.57. The number of rotatable bonds is 1. The molecule has 1 aliphatic rings. The standard InChI is InChI=1S/C10H8FN3O3/c11-7-2-1-6(17-7)5-3-12-10-13-4-8(15)14(10)9(5)16/h1-3,8,15H,4H2,(H,12,13). The van der Waals surface area contributed by atoms with Gasteiger partial charge in [-0.1, -0.05) is 0 Å². The quantitative estimate of drug-likeness (QED) is 0.757. The molecular weight excluding hydrogens is 229 g/mol. The van der Waals surface area contributed by atoms with E-state index in [2.05, 4.69) is 10.3 Å². The Hall–Kier alpha value is -2.15. The normalized spacial score (nSPS) is 17.9. The van der Waals surface area contributed by atoms with Crippen LogP contribution in [0.4, 0.5) is 10.3 Å². The smallest absolute Gasteiger partial charge is 0.278 e. The van der Waals surface area contributed by atoms with Gasteiger partial charge in [-0.05, 0) is 6.07 Å². The first kappa shape index (κ1) is 10.0. The van der Waals surface area contributed by atoms with E-state index in [1.54, 1.807) is 0 Å². The Kier molecular flexibility index (Phi) is 2.02. The molecule has 17 heavy (non-hydrogen) atoms. The number of anilines is 1. The van der Waals surface area contributed by atoms with Crippen LogP contribution in [0.5, 0.6) is 0 Å². The largest absolute Gasteiger partial charge is 0.431 e. The topological polar surface area (TPSA) is 80.3 Å². The fraction of sp³-hybridized carbons (Fsp3) is 0.200. The zero-order chi connectivity index (χ0) is 12.0. The number of furan rings is 1. The molecule has 0 saturated heterocycles. The van der Waals surface area contributed by atoms with Crippen molar-refractivity contribution in [3.8, 4) is 11.3 Å². The van der Waals surface area contributed by atoms with Crippen LogP contribution >= 0.6 is 0 Å². The Morgan fingerprint density at radius 2 is 2.41 bits per heavy atom. The summed E-state index contributed by atoms with van der Waals surface area (Å²) in [5.74, 6) is 0.382. The van der Waals surface area contributed by atoms with Gasteiger partial charge in [0.25, 0.3) is 11.6 Å². The van der Waals surface area contributed by atoms with Crippen LogP contribution in [0.15, 0.2) is 27.5 Å².